The zero-order chi connectivity index (χ0) is 21.7. The highest BCUT2D eigenvalue weighted by molar-refractivity contribution is 5.26. The lowest BCUT2D eigenvalue weighted by atomic mass is 9.46. The third kappa shape index (κ3) is 3.84. The Hall–Kier alpha value is -0.300. The van der Waals surface area contributed by atoms with Gasteiger partial charge in [0, 0.05) is 0 Å². The van der Waals surface area contributed by atoms with E-state index in [1.807, 2.05) is 0 Å². The monoisotopic (exact) mass is 414 g/mol. The normalized spacial score (nSPS) is 47.6. The highest BCUT2D eigenvalue weighted by Crippen LogP contribution is 2.67. The molecule has 1 heteroatoms. The van der Waals surface area contributed by atoms with Crippen LogP contribution in [0.15, 0.2) is 11.6 Å². The Labute approximate surface area is 187 Å². The van der Waals surface area contributed by atoms with Crippen LogP contribution in [0.3, 0.4) is 0 Å². The lowest BCUT2D eigenvalue weighted by molar-refractivity contribution is -0.0705. The van der Waals surface area contributed by atoms with Crippen molar-refractivity contribution in [1.82, 2.24) is 0 Å². The van der Waals surface area contributed by atoms with Crippen LogP contribution < -0.4 is 0 Å². The van der Waals surface area contributed by atoms with Gasteiger partial charge in [-0.1, -0.05) is 72.0 Å². The van der Waals surface area contributed by atoms with Crippen LogP contribution in [-0.4, -0.2) is 10.7 Å². The van der Waals surface area contributed by atoms with Crippen LogP contribution in [0.1, 0.15) is 119 Å². The van der Waals surface area contributed by atoms with Crippen LogP contribution in [0.2, 0.25) is 0 Å². The van der Waals surface area contributed by atoms with Gasteiger partial charge in [-0.2, -0.15) is 0 Å². The van der Waals surface area contributed by atoms with Gasteiger partial charge in [0.1, 0.15) is 0 Å². The lowest BCUT2D eigenvalue weighted by Gasteiger charge is -2.59. The average molecular weight is 415 g/mol. The van der Waals surface area contributed by atoms with E-state index < -0.39 is 5.60 Å². The van der Waals surface area contributed by atoms with Crippen LogP contribution in [-0.2, 0) is 0 Å². The molecular weight excluding hydrogens is 364 g/mol. The molecule has 9 atom stereocenters. The maximum Gasteiger partial charge on any atom is 0.0657 e. The quantitative estimate of drug-likeness (QED) is 0.434. The average Bonchev–Trinajstić information content (AvgIpc) is 3.05. The van der Waals surface area contributed by atoms with Crippen molar-refractivity contribution in [2.45, 2.75) is 124 Å². The second kappa shape index (κ2) is 8.24. The third-order valence-corrected chi connectivity index (χ3v) is 11.2. The van der Waals surface area contributed by atoms with E-state index in [0.717, 1.165) is 48.3 Å². The lowest BCUT2D eigenvalue weighted by Crippen LogP contribution is -2.52. The molecule has 0 heterocycles. The van der Waals surface area contributed by atoms with Crippen LogP contribution in [0.25, 0.3) is 0 Å². The summed E-state index contributed by atoms with van der Waals surface area (Å²) in [7, 11) is 0. The number of hydrogen-bond acceptors (Lipinski definition) is 1. The fourth-order valence-electron chi connectivity index (χ4n) is 8.97. The van der Waals surface area contributed by atoms with Gasteiger partial charge in [-0.05, 0) is 105 Å². The molecule has 0 unspecified atom stereocenters. The van der Waals surface area contributed by atoms with Gasteiger partial charge in [0.25, 0.3) is 0 Å². The molecule has 0 amide bonds. The molecule has 3 fully saturated rings. The molecule has 172 valence electrons. The number of allylic oxidation sites excluding steroid dienone is 1. The van der Waals surface area contributed by atoms with E-state index in [-0.39, 0.29) is 0 Å². The van der Waals surface area contributed by atoms with E-state index in [0.29, 0.717) is 10.8 Å². The number of fused-ring (bicyclic) bond motifs is 5. The molecule has 3 saturated carbocycles. The number of rotatable bonds is 6. The molecule has 4 rings (SSSR count). The highest BCUT2D eigenvalue weighted by Gasteiger charge is 2.59. The molecule has 4 aliphatic rings. The molecule has 30 heavy (non-hydrogen) atoms. The standard InChI is InChI=1S/C29H50O/c1-7-20(2)9-8-10-21(3)24-13-14-25-23-12-11-22-19-27(4,30)17-18-28(22,5)26(23)15-16-29(24,25)6/h11,20-21,23-26,30H,7-10,12-19H2,1-6H3/t20-,21+,23-,24+,25-,26-,27-,28-,29+/m0/s1. The fraction of sp³-hybridized carbons (Fsp3) is 0.931. The van der Waals surface area contributed by atoms with Crippen molar-refractivity contribution < 1.29 is 5.11 Å². The van der Waals surface area contributed by atoms with Gasteiger partial charge in [-0.15, -0.1) is 0 Å². The Morgan fingerprint density at radius 2 is 1.77 bits per heavy atom. The van der Waals surface area contributed by atoms with Crippen molar-refractivity contribution in [2.24, 2.45) is 46.3 Å². The van der Waals surface area contributed by atoms with E-state index in [1.165, 1.54) is 64.2 Å². The van der Waals surface area contributed by atoms with Crippen molar-refractivity contribution in [2.75, 3.05) is 0 Å². The van der Waals surface area contributed by atoms with Gasteiger partial charge >= 0.3 is 0 Å². The smallest absolute Gasteiger partial charge is 0.0657 e. The van der Waals surface area contributed by atoms with Crippen molar-refractivity contribution in [3.63, 3.8) is 0 Å². The minimum absolute atomic E-state index is 0.368. The Bertz CT molecular complexity index is 647. The SMILES string of the molecule is CC[C@H](C)CCC[C@@H](C)[C@H]1CC[C@H]2[C@@H]3CC=C4C[C@@](C)(O)CC[C@]4(C)[C@H]3CC[C@]12C. The van der Waals surface area contributed by atoms with Crippen molar-refractivity contribution >= 4 is 0 Å². The number of hydrogen-bond donors (Lipinski definition) is 1. The van der Waals surface area contributed by atoms with Crippen LogP contribution in [0, 0.1) is 46.3 Å². The molecule has 0 spiro atoms. The number of aliphatic hydroxyl groups is 1. The van der Waals surface area contributed by atoms with Crippen LogP contribution in [0.5, 0.6) is 0 Å². The Morgan fingerprint density at radius 1 is 1.00 bits per heavy atom. The fourth-order valence-corrected chi connectivity index (χ4v) is 8.97. The van der Waals surface area contributed by atoms with E-state index in [4.69, 9.17) is 0 Å². The van der Waals surface area contributed by atoms with Crippen LogP contribution >= 0.6 is 0 Å². The molecule has 0 aliphatic heterocycles. The van der Waals surface area contributed by atoms with Crippen molar-refractivity contribution in [3.05, 3.63) is 11.6 Å². The molecule has 4 aliphatic carbocycles. The van der Waals surface area contributed by atoms with Gasteiger partial charge in [0.15, 0.2) is 0 Å². The molecule has 0 aromatic heterocycles. The van der Waals surface area contributed by atoms with E-state index >= 15 is 0 Å². The largest absolute Gasteiger partial charge is 0.390 e. The summed E-state index contributed by atoms with van der Waals surface area (Å²) in [6.07, 6.45) is 18.5. The first kappa shape index (κ1) is 22.9. The maximum absolute atomic E-state index is 10.7. The minimum Gasteiger partial charge on any atom is -0.390 e. The molecule has 0 aromatic rings. The zero-order valence-corrected chi connectivity index (χ0v) is 21.0. The molecule has 1 nitrogen and oxygen atoms in total. The zero-order valence-electron chi connectivity index (χ0n) is 21.0. The Morgan fingerprint density at radius 3 is 2.50 bits per heavy atom. The minimum atomic E-state index is -0.468. The van der Waals surface area contributed by atoms with Gasteiger partial charge in [0.05, 0.1) is 5.60 Å². The van der Waals surface area contributed by atoms with Gasteiger partial charge in [-0.25, -0.2) is 0 Å². The summed E-state index contributed by atoms with van der Waals surface area (Å²) in [6.45, 7) is 14.7. The highest BCUT2D eigenvalue weighted by atomic mass is 16.3. The summed E-state index contributed by atoms with van der Waals surface area (Å²) in [5.74, 6) is 5.46. The summed E-state index contributed by atoms with van der Waals surface area (Å²) in [4.78, 5) is 0. The second-order valence-corrected chi connectivity index (χ2v) is 13.1. The molecule has 0 radical (unpaired) electrons. The Kier molecular flexibility index (Phi) is 6.28. The Balaban J connectivity index is 1.47. The molecule has 0 saturated heterocycles. The summed E-state index contributed by atoms with van der Waals surface area (Å²) < 4.78 is 0. The van der Waals surface area contributed by atoms with E-state index in [9.17, 15) is 5.11 Å². The first-order valence-electron chi connectivity index (χ1n) is 13.5. The van der Waals surface area contributed by atoms with Gasteiger partial charge in [0.2, 0.25) is 0 Å². The first-order valence-corrected chi connectivity index (χ1v) is 13.5. The van der Waals surface area contributed by atoms with E-state index in [2.05, 4.69) is 47.6 Å². The van der Waals surface area contributed by atoms with Crippen molar-refractivity contribution in [1.29, 1.82) is 0 Å². The van der Waals surface area contributed by atoms with Gasteiger partial charge in [-0.3, -0.25) is 0 Å². The third-order valence-electron chi connectivity index (χ3n) is 11.2. The van der Waals surface area contributed by atoms with Crippen LogP contribution in [0.4, 0.5) is 0 Å². The summed E-state index contributed by atoms with van der Waals surface area (Å²) in [6, 6.07) is 0. The molecule has 0 bridgehead atoms. The molecular formula is C29H50O. The first-order chi connectivity index (χ1) is 14.1. The molecule has 1 N–H and O–H groups in total. The topological polar surface area (TPSA) is 20.2 Å². The summed E-state index contributed by atoms with van der Waals surface area (Å²) in [5, 5.41) is 10.7. The van der Waals surface area contributed by atoms with E-state index in [1.54, 1.807) is 5.57 Å². The predicted octanol–water partition coefficient (Wildman–Crippen LogP) is 8.17. The second-order valence-electron chi connectivity index (χ2n) is 13.1. The van der Waals surface area contributed by atoms with Crippen molar-refractivity contribution in [3.8, 4) is 0 Å². The maximum atomic E-state index is 10.7. The predicted molar refractivity (Wildman–Crippen MR) is 128 cm³/mol. The summed E-state index contributed by atoms with van der Waals surface area (Å²) in [5.41, 5.74) is 2.09. The van der Waals surface area contributed by atoms with Gasteiger partial charge < -0.3 is 5.11 Å². The summed E-state index contributed by atoms with van der Waals surface area (Å²) >= 11 is 0. The molecule has 0 aromatic carbocycles.